The molecule has 172 valence electrons. The van der Waals surface area contributed by atoms with Gasteiger partial charge in [0.1, 0.15) is 0 Å². The van der Waals surface area contributed by atoms with Crippen molar-refractivity contribution in [1.82, 2.24) is 4.98 Å². The van der Waals surface area contributed by atoms with Crippen molar-refractivity contribution < 1.29 is 14.7 Å². The topological polar surface area (TPSA) is 91.3 Å². The van der Waals surface area contributed by atoms with E-state index in [-0.39, 0.29) is 12.3 Å². The first-order valence-electron chi connectivity index (χ1n) is 11.4. The van der Waals surface area contributed by atoms with Crippen molar-refractivity contribution in [2.45, 2.75) is 51.5 Å². The molecule has 1 aromatic heterocycles. The molecule has 1 aliphatic rings. The summed E-state index contributed by atoms with van der Waals surface area (Å²) in [5, 5.41) is 17.1. The highest BCUT2D eigenvalue weighted by atomic mass is 32.1. The van der Waals surface area contributed by atoms with Gasteiger partial charge in [-0.05, 0) is 54.2 Å². The lowest BCUT2D eigenvalue weighted by Gasteiger charge is -2.14. The zero-order valence-electron chi connectivity index (χ0n) is 18.5. The van der Waals surface area contributed by atoms with Crippen LogP contribution in [0.25, 0.3) is 0 Å². The van der Waals surface area contributed by atoms with Crippen molar-refractivity contribution in [3.63, 3.8) is 0 Å². The summed E-state index contributed by atoms with van der Waals surface area (Å²) in [4.78, 5) is 27.4. The van der Waals surface area contributed by atoms with Gasteiger partial charge in [-0.2, -0.15) is 0 Å². The maximum absolute atomic E-state index is 12.5. The maximum atomic E-state index is 12.5. The van der Waals surface area contributed by atoms with Gasteiger partial charge >= 0.3 is 5.97 Å². The van der Waals surface area contributed by atoms with Crippen LogP contribution in [0, 0.1) is 5.92 Å². The molecule has 1 saturated carbocycles. The van der Waals surface area contributed by atoms with Crippen LogP contribution in [0.2, 0.25) is 0 Å². The van der Waals surface area contributed by atoms with Gasteiger partial charge in [0, 0.05) is 23.2 Å². The fraction of sp³-hybridized carbons (Fsp3) is 0.346. The number of nitrogens with one attached hydrogen (secondary N) is 2. The Morgan fingerprint density at radius 3 is 2.48 bits per heavy atom. The molecule has 0 aliphatic heterocycles. The lowest BCUT2D eigenvalue weighted by molar-refractivity contribution is -0.136. The molecule has 3 aromatic rings. The van der Waals surface area contributed by atoms with Gasteiger partial charge in [-0.25, -0.2) is 4.98 Å². The Bertz CT molecular complexity index is 1090. The molecule has 4 rings (SSSR count). The first-order valence-corrected chi connectivity index (χ1v) is 12.3. The van der Waals surface area contributed by atoms with Crippen molar-refractivity contribution in [3.05, 3.63) is 76.3 Å². The van der Waals surface area contributed by atoms with Crippen LogP contribution in [0.15, 0.2) is 53.9 Å². The van der Waals surface area contributed by atoms with Gasteiger partial charge in [0.25, 0.3) is 5.91 Å². The molecule has 0 radical (unpaired) electrons. The van der Waals surface area contributed by atoms with Gasteiger partial charge in [0.2, 0.25) is 0 Å². The molecule has 0 atom stereocenters. The Kier molecular flexibility index (Phi) is 7.73. The highest BCUT2D eigenvalue weighted by Crippen LogP contribution is 2.29. The molecule has 1 heterocycles. The summed E-state index contributed by atoms with van der Waals surface area (Å²) in [6.45, 7) is 0.748. The second-order valence-corrected chi connectivity index (χ2v) is 9.42. The second-order valence-electron chi connectivity index (χ2n) is 8.56. The van der Waals surface area contributed by atoms with E-state index in [1.54, 1.807) is 17.5 Å². The summed E-state index contributed by atoms with van der Waals surface area (Å²) in [6.07, 6.45) is 7.79. The molecular formula is C26H29N3O3S. The number of anilines is 2. The number of carbonyl (C=O) groups is 2. The Balaban J connectivity index is 1.30. The predicted molar refractivity (Wildman–Crippen MR) is 132 cm³/mol. The summed E-state index contributed by atoms with van der Waals surface area (Å²) in [6, 6.07) is 16.0. The summed E-state index contributed by atoms with van der Waals surface area (Å²) in [5.74, 6) is -0.328. The minimum absolute atomic E-state index is 0.156. The van der Waals surface area contributed by atoms with Crippen LogP contribution >= 0.6 is 11.3 Å². The number of aryl methyl sites for hydroxylation is 1. The summed E-state index contributed by atoms with van der Waals surface area (Å²) in [5.41, 5.74) is 4.64. The predicted octanol–water partition coefficient (Wildman–Crippen LogP) is 5.76. The fourth-order valence-electron chi connectivity index (χ4n) is 4.34. The van der Waals surface area contributed by atoms with Gasteiger partial charge in [-0.15, -0.1) is 11.3 Å². The molecule has 1 amide bonds. The molecule has 0 bridgehead atoms. The average molecular weight is 464 g/mol. The fourth-order valence-corrected chi connectivity index (χ4v) is 5.04. The number of carboxylic acid groups (broad SMARTS) is 1. The molecule has 0 unspecified atom stereocenters. The number of carboxylic acids is 1. The average Bonchev–Trinajstić information content (AvgIpc) is 3.49. The van der Waals surface area contributed by atoms with E-state index < -0.39 is 5.97 Å². The summed E-state index contributed by atoms with van der Waals surface area (Å²) < 4.78 is 0. The maximum Gasteiger partial charge on any atom is 0.309 e. The van der Waals surface area contributed by atoms with Crippen molar-refractivity contribution in [1.29, 1.82) is 0 Å². The minimum atomic E-state index is -0.947. The van der Waals surface area contributed by atoms with Gasteiger partial charge in [0.15, 0.2) is 5.13 Å². The van der Waals surface area contributed by atoms with Crippen molar-refractivity contribution in [3.8, 4) is 0 Å². The number of aromatic nitrogens is 1. The van der Waals surface area contributed by atoms with Crippen LogP contribution in [0.5, 0.6) is 0 Å². The molecule has 0 spiro atoms. The molecule has 7 heteroatoms. The molecule has 2 aromatic carbocycles. The molecule has 1 aliphatic carbocycles. The summed E-state index contributed by atoms with van der Waals surface area (Å²) >= 11 is 1.22. The first-order chi connectivity index (χ1) is 16.1. The van der Waals surface area contributed by atoms with Gasteiger partial charge in [0.05, 0.1) is 12.1 Å². The van der Waals surface area contributed by atoms with Crippen LogP contribution in [0.1, 0.15) is 59.3 Å². The summed E-state index contributed by atoms with van der Waals surface area (Å²) in [7, 11) is 0. The first kappa shape index (κ1) is 23.0. The third-order valence-corrected chi connectivity index (χ3v) is 6.96. The smallest absolute Gasteiger partial charge is 0.309 e. The number of nitrogens with zero attached hydrogens (tertiary/aromatic N) is 1. The number of benzene rings is 2. The van der Waals surface area contributed by atoms with E-state index in [0.29, 0.717) is 16.4 Å². The monoisotopic (exact) mass is 463 g/mol. The zero-order valence-corrected chi connectivity index (χ0v) is 19.4. The normalized spacial score (nSPS) is 13.7. The van der Waals surface area contributed by atoms with Crippen molar-refractivity contribution in [2.75, 3.05) is 10.6 Å². The quantitative estimate of drug-likeness (QED) is 0.356. The Hall–Kier alpha value is -3.19. The van der Waals surface area contributed by atoms with E-state index in [1.807, 2.05) is 12.1 Å². The molecule has 6 nitrogen and oxygen atoms in total. The van der Waals surface area contributed by atoms with Crippen molar-refractivity contribution in [2.24, 2.45) is 5.92 Å². The SMILES string of the molecule is O=C(O)Cc1csc(NC(=O)c2ccc(NCc3ccccc3CCC3CCCC3)cc2)n1. The Morgan fingerprint density at radius 1 is 1.03 bits per heavy atom. The van der Waals surface area contributed by atoms with Crippen LogP contribution in [0.3, 0.4) is 0 Å². The Labute approximate surface area is 198 Å². The van der Waals surface area contributed by atoms with E-state index in [2.05, 4.69) is 39.9 Å². The number of hydrogen-bond donors (Lipinski definition) is 3. The van der Waals surface area contributed by atoms with Gasteiger partial charge in [-0.1, -0.05) is 49.9 Å². The number of hydrogen-bond acceptors (Lipinski definition) is 5. The standard InChI is InChI=1S/C26H29N3O3S/c30-24(31)15-23-17-33-26(28-23)29-25(32)20-11-13-22(14-12-20)27-16-21-8-4-3-7-19(21)10-9-18-5-1-2-6-18/h3-4,7-8,11-14,17-18,27H,1-2,5-6,9-10,15-16H2,(H,30,31)(H,28,29,32). The number of carbonyl (C=O) groups excluding carboxylic acids is 1. The van der Waals surface area contributed by atoms with E-state index in [0.717, 1.165) is 24.6 Å². The number of rotatable bonds is 10. The van der Waals surface area contributed by atoms with E-state index in [1.165, 1.54) is 54.6 Å². The number of amides is 1. The lowest BCUT2D eigenvalue weighted by atomic mass is 9.95. The van der Waals surface area contributed by atoms with Gasteiger partial charge in [-0.3, -0.25) is 14.9 Å². The third kappa shape index (κ3) is 6.65. The van der Waals surface area contributed by atoms with E-state index >= 15 is 0 Å². The van der Waals surface area contributed by atoms with Gasteiger partial charge < -0.3 is 10.4 Å². The molecular weight excluding hydrogens is 434 g/mol. The molecule has 3 N–H and O–H groups in total. The zero-order chi connectivity index (χ0) is 23.0. The van der Waals surface area contributed by atoms with Crippen LogP contribution in [-0.4, -0.2) is 22.0 Å². The molecule has 33 heavy (non-hydrogen) atoms. The largest absolute Gasteiger partial charge is 0.481 e. The third-order valence-electron chi connectivity index (χ3n) is 6.15. The highest BCUT2D eigenvalue weighted by molar-refractivity contribution is 7.14. The second kappa shape index (κ2) is 11.1. The van der Waals surface area contributed by atoms with E-state index in [4.69, 9.17) is 5.11 Å². The number of aliphatic carboxylic acids is 1. The molecule has 0 saturated heterocycles. The highest BCUT2D eigenvalue weighted by Gasteiger charge is 2.15. The van der Waals surface area contributed by atoms with Crippen molar-refractivity contribution >= 4 is 34.0 Å². The lowest BCUT2D eigenvalue weighted by Crippen LogP contribution is -2.12. The van der Waals surface area contributed by atoms with E-state index in [9.17, 15) is 9.59 Å². The molecule has 1 fully saturated rings. The van der Waals surface area contributed by atoms with Crippen LogP contribution < -0.4 is 10.6 Å². The van der Waals surface area contributed by atoms with Crippen LogP contribution in [-0.2, 0) is 24.2 Å². The number of thiazole rings is 1. The minimum Gasteiger partial charge on any atom is -0.481 e. The Morgan fingerprint density at radius 2 is 1.76 bits per heavy atom. The van der Waals surface area contributed by atoms with Crippen LogP contribution in [0.4, 0.5) is 10.8 Å².